The summed E-state index contributed by atoms with van der Waals surface area (Å²) in [6.07, 6.45) is 1.44. The minimum absolute atomic E-state index is 0.123. The van der Waals surface area contributed by atoms with Crippen LogP contribution >= 0.6 is 11.8 Å². The number of nitrogens with zero attached hydrogens (tertiary/aromatic N) is 2. The second-order valence-electron chi connectivity index (χ2n) is 6.87. The van der Waals surface area contributed by atoms with Gasteiger partial charge in [-0.1, -0.05) is 23.4 Å². The van der Waals surface area contributed by atoms with Crippen molar-refractivity contribution in [1.29, 1.82) is 0 Å². The van der Waals surface area contributed by atoms with Crippen molar-refractivity contribution in [3.8, 4) is 0 Å². The van der Waals surface area contributed by atoms with Crippen LogP contribution in [0.15, 0.2) is 64.0 Å². The fourth-order valence-corrected chi connectivity index (χ4v) is 4.22. The first-order valence-corrected chi connectivity index (χ1v) is 10.4. The van der Waals surface area contributed by atoms with Gasteiger partial charge < -0.3 is 14.7 Å². The van der Waals surface area contributed by atoms with E-state index in [9.17, 15) is 9.59 Å². The van der Waals surface area contributed by atoms with E-state index in [1.165, 1.54) is 11.8 Å². The summed E-state index contributed by atoms with van der Waals surface area (Å²) in [7, 11) is 0. The lowest BCUT2D eigenvalue weighted by Crippen LogP contribution is -2.23. The zero-order valence-corrected chi connectivity index (χ0v) is 16.9. The number of nitrogens with one attached hydrogen (secondary N) is 1. The normalized spacial score (nSPS) is 13.7. The van der Waals surface area contributed by atoms with Gasteiger partial charge in [-0.05, 0) is 43.7 Å². The van der Waals surface area contributed by atoms with Crippen molar-refractivity contribution >= 4 is 35.0 Å². The number of carbonyl (C=O) groups excluding carboxylic acids is 2. The molecule has 1 aliphatic heterocycles. The van der Waals surface area contributed by atoms with E-state index >= 15 is 0 Å². The minimum atomic E-state index is -0.186. The Morgan fingerprint density at radius 3 is 2.83 bits per heavy atom. The molecule has 0 bridgehead atoms. The molecule has 3 aromatic rings. The van der Waals surface area contributed by atoms with Crippen LogP contribution in [0.5, 0.6) is 0 Å². The second kappa shape index (κ2) is 8.53. The highest BCUT2D eigenvalue weighted by Crippen LogP contribution is 2.28. The Bertz CT molecular complexity index is 1050. The van der Waals surface area contributed by atoms with Gasteiger partial charge in [0, 0.05) is 41.1 Å². The van der Waals surface area contributed by atoms with Crippen LogP contribution in [-0.2, 0) is 10.5 Å². The summed E-state index contributed by atoms with van der Waals surface area (Å²) < 4.78 is 5.10. The molecule has 2 aromatic carbocycles. The number of carbonyl (C=O) groups is 2. The molecule has 1 fully saturated rings. The Balaban J connectivity index is 1.48. The molecule has 6 nitrogen and oxygen atoms in total. The van der Waals surface area contributed by atoms with Gasteiger partial charge in [-0.2, -0.15) is 0 Å². The summed E-state index contributed by atoms with van der Waals surface area (Å²) in [5, 5.41) is 6.95. The lowest BCUT2D eigenvalue weighted by atomic mass is 10.2. The van der Waals surface area contributed by atoms with Crippen molar-refractivity contribution in [2.24, 2.45) is 0 Å². The average Bonchev–Trinajstić information content (AvgIpc) is 3.34. The Kier molecular flexibility index (Phi) is 5.67. The van der Waals surface area contributed by atoms with E-state index in [2.05, 4.69) is 10.5 Å². The zero-order chi connectivity index (χ0) is 20.2. The number of hydrogen-bond acceptors (Lipinski definition) is 5. The van der Waals surface area contributed by atoms with Gasteiger partial charge in [-0.15, -0.1) is 11.8 Å². The van der Waals surface area contributed by atoms with Gasteiger partial charge >= 0.3 is 0 Å². The molecule has 0 spiro atoms. The monoisotopic (exact) mass is 407 g/mol. The standard InChI is InChI=1S/C22H21N3O3S/c1-15-12-17(24-28-15)14-29-20-9-3-2-8-19(20)22(27)23-16-6-4-7-18(13-16)25-11-5-10-21(25)26/h2-4,6-9,12-13H,5,10-11,14H2,1H3,(H,23,27). The van der Waals surface area contributed by atoms with Gasteiger partial charge in [-0.25, -0.2) is 0 Å². The number of aromatic nitrogens is 1. The molecule has 1 aliphatic rings. The first-order chi connectivity index (χ1) is 14.1. The van der Waals surface area contributed by atoms with Gasteiger partial charge in [0.25, 0.3) is 5.91 Å². The Hall–Kier alpha value is -3.06. The highest BCUT2D eigenvalue weighted by atomic mass is 32.2. The van der Waals surface area contributed by atoms with Crippen molar-refractivity contribution < 1.29 is 14.1 Å². The van der Waals surface area contributed by atoms with Gasteiger partial charge in [0.15, 0.2) is 0 Å². The first kappa shape index (κ1) is 19.3. The molecule has 1 aromatic heterocycles. The number of anilines is 2. The molecule has 4 rings (SSSR count). The molecular formula is C22H21N3O3S. The lowest BCUT2D eigenvalue weighted by Gasteiger charge is -2.17. The number of benzene rings is 2. The molecule has 0 aliphatic carbocycles. The van der Waals surface area contributed by atoms with Crippen molar-refractivity contribution in [2.75, 3.05) is 16.8 Å². The van der Waals surface area contributed by atoms with E-state index in [0.29, 0.717) is 23.4 Å². The van der Waals surface area contributed by atoms with Crippen LogP contribution in [-0.4, -0.2) is 23.5 Å². The summed E-state index contributed by atoms with van der Waals surface area (Å²) in [5.74, 6) is 1.32. The summed E-state index contributed by atoms with van der Waals surface area (Å²) in [6, 6.07) is 16.8. The zero-order valence-electron chi connectivity index (χ0n) is 16.1. The number of amides is 2. The Labute approximate surface area is 173 Å². The minimum Gasteiger partial charge on any atom is -0.361 e. The smallest absolute Gasteiger partial charge is 0.256 e. The van der Waals surface area contributed by atoms with E-state index in [0.717, 1.165) is 35.0 Å². The van der Waals surface area contributed by atoms with E-state index < -0.39 is 0 Å². The lowest BCUT2D eigenvalue weighted by molar-refractivity contribution is -0.117. The second-order valence-corrected chi connectivity index (χ2v) is 7.88. The van der Waals surface area contributed by atoms with E-state index in [1.54, 1.807) is 11.0 Å². The topological polar surface area (TPSA) is 75.4 Å². The van der Waals surface area contributed by atoms with Crippen LogP contribution in [0.25, 0.3) is 0 Å². The predicted molar refractivity (Wildman–Crippen MR) is 113 cm³/mol. The maximum atomic E-state index is 12.9. The van der Waals surface area contributed by atoms with Crippen molar-refractivity contribution in [3.05, 3.63) is 71.6 Å². The summed E-state index contributed by atoms with van der Waals surface area (Å²) in [4.78, 5) is 27.5. The number of rotatable bonds is 6. The quantitative estimate of drug-likeness (QED) is 0.602. The molecule has 1 N–H and O–H groups in total. The number of thioether (sulfide) groups is 1. The predicted octanol–water partition coefficient (Wildman–Crippen LogP) is 4.65. The molecule has 29 heavy (non-hydrogen) atoms. The van der Waals surface area contributed by atoms with Crippen molar-refractivity contribution in [2.45, 2.75) is 30.4 Å². The third kappa shape index (κ3) is 4.51. The summed E-state index contributed by atoms with van der Waals surface area (Å²) in [5.41, 5.74) is 2.92. The summed E-state index contributed by atoms with van der Waals surface area (Å²) >= 11 is 1.54. The third-order valence-corrected chi connectivity index (χ3v) is 5.78. The van der Waals surface area contributed by atoms with Gasteiger partial charge in [0.1, 0.15) is 5.76 Å². The van der Waals surface area contributed by atoms with E-state index in [4.69, 9.17) is 4.52 Å². The van der Waals surface area contributed by atoms with Crippen LogP contribution in [0.3, 0.4) is 0 Å². The van der Waals surface area contributed by atoms with E-state index in [1.807, 2.05) is 55.5 Å². The van der Waals surface area contributed by atoms with Crippen molar-refractivity contribution in [1.82, 2.24) is 5.16 Å². The Morgan fingerprint density at radius 1 is 1.21 bits per heavy atom. The highest BCUT2D eigenvalue weighted by Gasteiger charge is 2.22. The summed E-state index contributed by atoms with van der Waals surface area (Å²) in [6.45, 7) is 2.57. The van der Waals surface area contributed by atoms with E-state index in [-0.39, 0.29) is 11.8 Å². The SMILES string of the molecule is Cc1cc(CSc2ccccc2C(=O)Nc2cccc(N3CCCC3=O)c2)no1. The largest absolute Gasteiger partial charge is 0.361 e. The fourth-order valence-electron chi connectivity index (χ4n) is 3.29. The maximum Gasteiger partial charge on any atom is 0.256 e. The Morgan fingerprint density at radius 2 is 2.07 bits per heavy atom. The van der Waals surface area contributed by atoms with Crippen molar-refractivity contribution in [3.63, 3.8) is 0 Å². The van der Waals surface area contributed by atoms with Gasteiger partial charge in [0.2, 0.25) is 5.91 Å². The van der Waals surface area contributed by atoms with Crippen LogP contribution in [0.4, 0.5) is 11.4 Å². The van der Waals surface area contributed by atoms with Gasteiger partial charge in [-0.3, -0.25) is 9.59 Å². The molecular weight excluding hydrogens is 386 g/mol. The average molecular weight is 407 g/mol. The number of hydrogen-bond donors (Lipinski definition) is 1. The highest BCUT2D eigenvalue weighted by molar-refractivity contribution is 7.98. The maximum absolute atomic E-state index is 12.9. The first-order valence-electron chi connectivity index (χ1n) is 9.46. The molecule has 0 unspecified atom stereocenters. The molecule has 2 heterocycles. The van der Waals surface area contributed by atoms with Crippen LogP contribution < -0.4 is 10.2 Å². The molecule has 1 saturated heterocycles. The van der Waals surface area contributed by atoms with Crippen LogP contribution in [0.1, 0.15) is 34.7 Å². The van der Waals surface area contributed by atoms with Crippen LogP contribution in [0, 0.1) is 6.92 Å². The number of aryl methyl sites for hydroxylation is 1. The molecule has 0 atom stereocenters. The van der Waals surface area contributed by atoms with Crippen LogP contribution in [0.2, 0.25) is 0 Å². The molecule has 0 saturated carbocycles. The third-order valence-electron chi connectivity index (χ3n) is 4.67. The molecule has 148 valence electrons. The fraction of sp³-hybridized carbons (Fsp3) is 0.227. The molecule has 7 heteroatoms. The van der Waals surface area contributed by atoms with Gasteiger partial charge in [0.05, 0.1) is 11.3 Å². The molecule has 2 amide bonds. The molecule has 0 radical (unpaired) electrons.